The molecule has 1 aromatic rings. The number of hydrogen-bond acceptors (Lipinski definition) is 3. The predicted molar refractivity (Wildman–Crippen MR) is 63.2 cm³/mol. The highest BCUT2D eigenvalue weighted by atomic mass is 15.5. The second-order valence-electron chi connectivity index (χ2n) is 4.79. The summed E-state index contributed by atoms with van der Waals surface area (Å²) in [6, 6.07) is 0.570. The topological polar surface area (TPSA) is 43.6 Å². The van der Waals surface area contributed by atoms with Crippen molar-refractivity contribution in [1.82, 2.24) is 20.2 Å². The third-order valence-corrected chi connectivity index (χ3v) is 3.49. The molecule has 0 amide bonds. The highest BCUT2D eigenvalue weighted by Crippen LogP contribution is 2.27. The Morgan fingerprint density at radius 2 is 2.00 bits per heavy atom. The highest BCUT2D eigenvalue weighted by Gasteiger charge is 2.19. The zero-order chi connectivity index (χ0) is 11.2. The van der Waals surface area contributed by atoms with E-state index in [1.165, 1.54) is 51.4 Å². The van der Waals surface area contributed by atoms with Crippen LogP contribution < -0.4 is 0 Å². The smallest absolute Gasteiger partial charge is 0.151 e. The summed E-state index contributed by atoms with van der Waals surface area (Å²) in [5, 5.41) is 12.2. The minimum atomic E-state index is 0.570. The Kier molecular flexibility index (Phi) is 4.31. The molecule has 16 heavy (non-hydrogen) atoms. The maximum Gasteiger partial charge on any atom is 0.151 e. The summed E-state index contributed by atoms with van der Waals surface area (Å²) in [6.45, 7) is 2.23. The molecule has 4 heteroatoms. The van der Waals surface area contributed by atoms with Gasteiger partial charge in [0.2, 0.25) is 0 Å². The first-order valence-corrected chi connectivity index (χ1v) is 6.68. The van der Waals surface area contributed by atoms with Gasteiger partial charge in [-0.05, 0) is 29.7 Å². The third kappa shape index (κ3) is 2.80. The molecule has 1 aliphatic rings. The molecule has 0 aromatic carbocycles. The van der Waals surface area contributed by atoms with Crippen LogP contribution in [0.4, 0.5) is 0 Å². The van der Waals surface area contributed by atoms with Gasteiger partial charge in [-0.3, -0.25) is 0 Å². The van der Waals surface area contributed by atoms with Crippen LogP contribution >= 0.6 is 0 Å². The number of rotatable bonds is 5. The van der Waals surface area contributed by atoms with E-state index < -0.39 is 0 Å². The van der Waals surface area contributed by atoms with Gasteiger partial charge in [0.15, 0.2) is 5.82 Å². The van der Waals surface area contributed by atoms with Crippen LogP contribution in [-0.4, -0.2) is 20.2 Å². The summed E-state index contributed by atoms with van der Waals surface area (Å²) in [7, 11) is 0. The van der Waals surface area contributed by atoms with E-state index >= 15 is 0 Å². The Labute approximate surface area is 97.4 Å². The van der Waals surface area contributed by atoms with Crippen LogP contribution in [-0.2, 0) is 6.42 Å². The molecule has 0 spiro atoms. The van der Waals surface area contributed by atoms with Crippen molar-refractivity contribution in [3.8, 4) is 0 Å². The number of unbranched alkanes of at least 4 members (excludes halogenated alkanes) is 2. The average molecular weight is 222 g/mol. The maximum absolute atomic E-state index is 4.17. The van der Waals surface area contributed by atoms with E-state index in [0.29, 0.717) is 6.04 Å². The Bertz CT molecular complexity index is 302. The number of aromatic nitrogens is 4. The number of aryl methyl sites for hydroxylation is 1. The van der Waals surface area contributed by atoms with Gasteiger partial charge >= 0.3 is 0 Å². The number of hydrogen-bond donors (Lipinski definition) is 0. The number of tetrazole rings is 1. The molecular weight excluding hydrogens is 200 g/mol. The molecule has 1 aromatic heterocycles. The Morgan fingerprint density at radius 3 is 2.75 bits per heavy atom. The first-order valence-electron chi connectivity index (χ1n) is 6.68. The first-order chi connectivity index (χ1) is 7.92. The fraction of sp³-hybridized carbons (Fsp3) is 0.917. The van der Waals surface area contributed by atoms with Crippen molar-refractivity contribution in [3.63, 3.8) is 0 Å². The minimum absolute atomic E-state index is 0.570. The molecule has 0 N–H and O–H groups in total. The van der Waals surface area contributed by atoms with Crippen LogP contribution in [0.5, 0.6) is 0 Å². The molecule has 90 valence electrons. The average Bonchev–Trinajstić information content (AvgIpc) is 2.79. The van der Waals surface area contributed by atoms with Crippen LogP contribution in [0, 0.1) is 0 Å². The Hall–Kier alpha value is -0.930. The van der Waals surface area contributed by atoms with E-state index in [-0.39, 0.29) is 0 Å². The molecule has 0 radical (unpaired) electrons. The summed E-state index contributed by atoms with van der Waals surface area (Å²) in [6.07, 6.45) is 11.3. The molecule has 2 rings (SSSR count). The summed E-state index contributed by atoms with van der Waals surface area (Å²) in [4.78, 5) is 0. The van der Waals surface area contributed by atoms with Gasteiger partial charge in [0.25, 0.3) is 0 Å². The normalized spacial score (nSPS) is 17.8. The summed E-state index contributed by atoms with van der Waals surface area (Å²) < 4.78 is 2.09. The Morgan fingerprint density at radius 1 is 1.19 bits per heavy atom. The van der Waals surface area contributed by atoms with E-state index in [2.05, 4.69) is 27.1 Å². The van der Waals surface area contributed by atoms with Crippen molar-refractivity contribution in [2.45, 2.75) is 70.8 Å². The minimum Gasteiger partial charge on any atom is -0.227 e. The van der Waals surface area contributed by atoms with Crippen molar-refractivity contribution in [1.29, 1.82) is 0 Å². The van der Waals surface area contributed by atoms with Crippen molar-refractivity contribution < 1.29 is 0 Å². The fourth-order valence-electron chi connectivity index (χ4n) is 2.52. The lowest BCUT2D eigenvalue weighted by Crippen LogP contribution is -2.17. The van der Waals surface area contributed by atoms with E-state index in [1.54, 1.807) is 0 Å². The van der Waals surface area contributed by atoms with Gasteiger partial charge in [0.05, 0.1) is 6.04 Å². The van der Waals surface area contributed by atoms with Gasteiger partial charge in [0.1, 0.15) is 0 Å². The van der Waals surface area contributed by atoms with Gasteiger partial charge in [-0.15, -0.1) is 5.10 Å². The lowest BCUT2D eigenvalue weighted by molar-refractivity contribution is 0.316. The van der Waals surface area contributed by atoms with Gasteiger partial charge in [0, 0.05) is 6.42 Å². The monoisotopic (exact) mass is 222 g/mol. The number of nitrogens with zero attached hydrogens (tertiary/aromatic N) is 4. The highest BCUT2D eigenvalue weighted by molar-refractivity contribution is 4.85. The van der Waals surface area contributed by atoms with Crippen LogP contribution in [0.25, 0.3) is 0 Å². The molecule has 1 heterocycles. The van der Waals surface area contributed by atoms with E-state index in [0.717, 1.165) is 12.2 Å². The molecule has 0 bridgehead atoms. The lowest BCUT2D eigenvalue weighted by Gasteiger charge is -2.22. The van der Waals surface area contributed by atoms with Crippen LogP contribution in [0.1, 0.15) is 70.2 Å². The maximum atomic E-state index is 4.17. The molecule has 4 nitrogen and oxygen atoms in total. The summed E-state index contributed by atoms with van der Waals surface area (Å²) in [5.74, 6) is 1.10. The zero-order valence-corrected chi connectivity index (χ0v) is 10.2. The molecule has 1 aliphatic carbocycles. The van der Waals surface area contributed by atoms with E-state index in [9.17, 15) is 0 Å². The van der Waals surface area contributed by atoms with Gasteiger partial charge < -0.3 is 0 Å². The standard InChI is InChI=1S/C12H22N4/c1-2-3-5-10-12-13-14-15-16(12)11-8-6-4-7-9-11/h11H,2-10H2,1H3. The SMILES string of the molecule is CCCCCc1nnnn1C1CCCCC1. The van der Waals surface area contributed by atoms with Crippen LogP contribution in [0.3, 0.4) is 0 Å². The summed E-state index contributed by atoms with van der Waals surface area (Å²) >= 11 is 0. The quantitative estimate of drug-likeness (QED) is 0.719. The van der Waals surface area contributed by atoms with Gasteiger partial charge in [-0.1, -0.05) is 39.0 Å². The van der Waals surface area contributed by atoms with Crippen molar-refractivity contribution in [3.05, 3.63) is 5.82 Å². The second kappa shape index (κ2) is 5.97. The fourth-order valence-corrected chi connectivity index (χ4v) is 2.52. The molecule has 0 saturated heterocycles. The third-order valence-electron chi connectivity index (χ3n) is 3.49. The molecule has 1 fully saturated rings. The molecule has 0 aliphatic heterocycles. The van der Waals surface area contributed by atoms with Gasteiger partial charge in [-0.25, -0.2) is 4.68 Å². The second-order valence-corrected chi connectivity index (χ2v) is 4.79. The van der Waals surface area contributed by atoms with Crippen LogP contribution in [0.15, 0.2) is 0 Å². The molecule has 0 atom stereocenters. The zero-order valence-electron chi connectivity index (χ0n) is 10.2. The predicted octanol–water partition coefficient (Wildman–Crippen LogP) is 2.91. The largest absolute Gasteiger partial charge is 0.227 e. The first kappa shape index (κ1) is 11.6. The summed E-state index contributed by atoms with van der Waals surface area (Å²) in [5.41, 5.74) is 0. The van der Waals surface area contributed by atoms with Crippen molar-refractivity contribution in [2.75, 3.05) is 0 Å². The lowest BCUT2D eigenvalue weighted by atomic mass is 9.95. The molecule has 1 saturated carbocycles. The van der Waals surface area contributed by atoms with E-state index in [4.69, 9.17) is 0 Å². The Balaban J connectivity index is 1.94. The molecular formula is C12H22N4. The van der Waals surface area contributed by atoms with Crippen LogP contribution in [0.2, 0.25) is 0 Å². The van der Waals surface area contributed by atoms with Crippen molar-refractivity contribution >= 4 is 0 Å². The van der Waals surface area contributed by atoms with Gasteiger partial charge in [-0.2, -0.15) is 0 Å². The van der Waals surface area contributed by atoms with Crippen molar-refractivity contribution in [2.24, 2.45) is 0 Å². The molecule has 0 unspecified atom stereocenters. The van der Waals surface area contributed by atoms with E-state index in [1.807, 2.05) is 0 Å².